The summed E-state index contributed by atoms with van der Waals surface area (Å²) < 4.78 is 16.5. The molecule has 1 aromatic rings. The maximum Gasteiger partial charge on any atom is 0.344 e. The van der Waals surface area contributed by atoms with E-state index < -0.39 is 5.97 Å². The van der Waals surface area contributed by atoms with Gasteiger partial charge in [0.2, 0.25) is 0 Å². The lowest BCUT2D eigenvalue weighted by molar-refractivity contribution is -0.145. The first-order chi connectivity index (χ1) is 11.5. The Balaban J connectivity index is 2.81. The minimum Gasteiger partial charge on any atom is -0.493 e. The van der Waals surface area contributed by atoms with Crippen LogP contribution in [0, 0.1) is 3.57 Å². The molecule has 132 valence electrons. The second kappa shape index (κ2) is 11.0. The molecule has 0 aliphatic rings. The van der Waals surface area contributed by atoms with Crippen LogP contribution in [0.15, 0.2) is 17.2 Å². The molecule has 0 aliphatic carbocycles. The number of methoxy groups -OCH3 is 1. The van der Waals surface area contributed by atoms with Crippen molar-refractivity contribution in [2.24, 2.45) is 5.10 Å². The molecule has 0 aromatic heterocycles. The SMILES string of the molecule is CCNC(=S)N/N=C\c1cc(I)c(OCC(=O)OCC)c(OC)c1. The summed E-state index contributed by atoms with van der Waals surface area (Å²) in [7, 11) is 1.53. The van der Waals surface area contributed by atoms with Crippen LogP contribution >= 0.6 is 34.8 Å². The van der Waals surface area contributed by atoms with E-state index in [4.69, 9.17) is 26.4 Å². The van der Waals surface area contributed by atoms with Gasteiger partial charge in [0.1, 0.15) is 0 Å². The van der Waals surface area contributed by atoms with Crippen LogP contribution in [0.5, 0.6) is 11.5 Å². The highest BCUT2D eigenvalue weighted by atomic mass is 127. The van der Waals surface area contributed by atoms with Crippen molar-refractivity contribution < 1.29 is 19.0 Å². The van der Waals surface area contributed by atoms with E-state index in [9.17, 15) is 4.79 Å². The van der Waals surface area contributed by atoms with Gasteiger partial charge in [-0.25, -0.2) is 4.79 Å². The van der Waals surface area contributed by atoms with Crippen LogP contribution in [0.1, 0.15) is 19.4 Å². The summed E-state index contributed by atoms with van der Waals surface area (Å²) in [5.41, 5.74) is 3.51. The highest BCUT2D eigenvalue weighted by Gasteiger charge is 2.13. The van der Waals surface area contributed by atoms with Gasteiger partial charge in [-0.3, -0.25) is 5.43 Å². The third kappa shape index (κ3) is 6.87. The van der Waals surface area contributed by atoms with Crippen molar-refractivity contribution in [3.63, 3.8) is 0 Å². The number of esters is 1. The van der Waals surface area contributed by atoms with Crippen molar-refractivity contribution in [3.05, 3.63) is 21.3 Å². The number of hydrogen-bond donors (Lipinski definition) is 2. The van der Waals surface area contributed by atoms with Gasteiger partial charge in [-0.2, -0.15) is 5.10 Å². The van der Waals surface area contributed by atoms with E-state index in [2.05, 4.69) is 38.4 Å². The Hall–Kier alpha value is -1.62. The monoisotopic (exact) mass is 465 g/mol. The first-order valence-corrected chi connectivity index (χ1v) is 8.73. The number of halogens is 1. The molecule has 9 heteroatoms. The molecule has 0 heterocycles. The summed E-state index contributed by atoms with van der Waals surface area (Å²) in [6.07, 6.45) is 1.61. The molecule has 0 saturated heterocycles. The summed E-state index contributed by atoms with van der Waals surface area (Å²) in [6.45, 7) is 4.55. The predicted molar refractivity (Wildman–Crippen MR) is 105 cm³/mol. The maximum atomic E-state index is 11.4. The molecule has 1 rings (SSSR count). The van der Waals surface area contributed by atoms with Crippen LogP contribution in [-0.4, -0.2) is 44.2 Å². The second-order valence-corrected chi connectivity index (χ2v) is 5.93. The standard InChI is InChI=1S/C15H20IN3O4S/c1-4-17-15(24)19-18-8-10-6-11(16)14(12(7-10)21-3)23-9-13(20)22-5-2/h6-8H,4-5,9H2,1-3H3,(H2,17,19,24)/b18-8-. The zero-order valence-electron chi connectivity index (χ0n) is 13.7. The van der Waals surface area contributed by atoms with Gasteiger partial charge in [-0.1, -0.05) is 0 Å². The Labute approximate surface area is 160 Å². The topological polar surface area (TPSA) is 81.2 Å². The normalized spacial score (nSPS) is 10.3. The van der Waals surface area contributed by atoms with Gasteiger partial charge in [-0.15, -0.1) is 0 Å². The van der Waals surface area contributed by atoms with E-state index >= 15 is 0 Å². The molecule has 0 unspecified atom stereocenters. The number of hydrazone groups is 1. The fraction of sp³-hybridized carbons (Fsp3) is 0.400. The van der Waals surface area contributed by atoms with Crippen LogP contribution in [0.4, 0.5) is 0 Å². The zero-order valence-corrected chi connectivity index (χ0v) is 16.7. The molecule has 0 bridgehead atoms. The fourth-order valence-corrected chi connectivity index (χ4v) is 2.63. The molecule has 0 atom stereocenters. The van der Waals surface area contributed by atoms with Gasteiger partial charge in [-0.05, 0) is 66.4 Å². The number of carbonyl (C=O) groups is 1. The quantitative estimate of drug-likeness (QED) is 0.200. The summed E-state index contributed by atoms with van der Waals surface area (Å²) >= 11 is 7.12. The van der Waals surface area contributed by atoms with Gasteiger partial charge in [0.15, 0.2) is 23.2 Å². The van der Waals surface area contributed by atoms with E-state index in [0.29, 0.717) is 23.2 Å². The van der Waals surface area contributed by atoms with Crippen LogP contribution in [-0.2, 0) is 9.53 Å². The number of carbonyl (C=O) groups excluding carboxylic acids is 1. The van der Waals surface area contributed by atoms with E-state index in [-0.39, 0.29) is 6.61 Å². The number of rotatable bonds is 8. The van der Waals surface area contributed by atoms with Gasteiger partial charge in [0, 0.05) is 6.54 Å². The first kappa shape index (κ1) is 20.4. The molecule has 0 radical (unpaired) electrons. The Kier molecular flexibility index (Phi) is 9.38. The highest BCUT2D eigenvalue weighted by Crippen LogP contribution is 2.33. The average Bonchev–Trinajstić information content (AvgIpc) is 2.54. The lowest BCUT2D eigenvalue weighted by atomic mass is 10.2. The zero-order chi connectivity index (χ0) is 17.9. The number of thiocarbonyl (C=S) groups is 1. The van der Waals surface area contributed by atoms with E-state index in [1.165, 1.54) is 7.11 Å². The van der Waals surface area contributed by atoms with Crippen molar-refractivity contribution in [2.45, 2.75) is 13.8 Å². The minimum atomic E-state index is -0.429. The molecule has 2 N–H and O–H groups in total. The third-order valence-electron chi connectivity index (χ3n) is 2.61. The van der Waals surface area contributed by atoms with Gasteiger partial charge in [0.05, 0.1) is 23.5 Å². The average molecular weight is 465 g/mol. The van der Waals surface area contributed by atoms with Gasteiger partial charge < -0.3 is 19.5 Å². The second-order valence-electron chi connectivity index (χ2n) is 4.36. The van der Waals surface area contributed by atoms with Crippen molar-refractivity contribution >= 4 is 52.1 Å². The summed E-state index contributed by atoms with van der Waals surface area (Å²) in [6, 6.07) is 3.61. The van der Waals surface area contributed by atoms with Crippen molar-refractivity contribution in [3.8, 4) is 11.5 Å². The molecule has 1 aromatic carbocycles. The van der Waals surface area contributed by atoms with Crippen LogP contribution in [0.2, 0.25) is 0 Å². The van der Waals surface area contributed by atoms with Crippen molar-refractivity contribution in [2.75, 3.05) is 26.9 Å². The number of benzene rings is 1. The van der Waals surface area contributed by atoms with Gasteiger partial charge in [0.25, 0.3) is 0 Å². The number of hydrogen-bond acceptors (Lipinski definition) is 6. The molecule has 24 heavy (non-hydrogen) atoms. The van der Waals surface area contributed by atoms with Crippen molar-refractivity contribution in [1.29, 1.82) is 0 Å². The molecular formula is C15H20IN3O4S. The molecule has 0 saturated carbocycles. The molecule has 7 nitrogen and oxygen atoms in total. The Morgan fingerprint density at radius 3 is 2.79 bits per heavy atom. The molecule has 0 amide bonds. The largest absolute Gasteiger partial charge is 0.493 e. The summed E-state index contributed by atoms with van der Waals surface area (Å²) in [4.78, 5) is 11.4. The fourth-order valence-electron chi connectivity index (χ4n) is 1.65. The molecular weight excluding hydrogens is 445 g/mol. The van der Waals surface area contributed by atoms with Crippen LogP contribution in [0.25, 0.3) is 0 Å². The predicted octanol–water partition coefficient (Wildman–Crippen LogP) is 2.06. The Morgan fingerprint density at radius 1 is 1.42 bits per heavy atom. The number of ether oxygens (including phenoxy) is 3. The Morgan fingerprint density at radius 2 is 2.17 bits per heavy atom. The third-order valence-corrected chi connectivity index (χ3v) is 3.65. The molecule has 0 aliphatic heterocycles. The van der Waals surface area contributed by atoms with Crippen LogP contribution in [0.3, 0.4) is 0 Å². The maximum absolute atomic E-state index is 11.4. The number of nitrogens with one attached hydrogen (secondary N) is 2. The van der Waals surface area contributed by atoms with E-state index in [1.807, 2.05) is 13.0 Å². The highest BCUT2D eigenvalue weighted by molar-refractivity contribution is 14.1. The summed E-state index contributed by atoms with van der Waals surface area (Å²) in [5, 5.41) is 7.43. The van der Waals surface area contributed by atoms with E-state index in [0.717, 1.165) is 15.7 Å². The minimum absolute atomic E-state index is 0.174. The lowest BCUT2D eigenvalue weighted by Crippen LogP contribution is -2.31. The van der Waals surface area contributed by atoms with E-state index in [1.54, 1.807) is 19.2 Å². The molecule has 0 fully saturated rings. The lowest BCUT2D eigenvalue weighted by Gasteiger charge is -2.13. The Bertz CT molecular complexity index is 611. The first-order valence-electron chi connectivity index (χ1n) is 7.24. The van der Waals surface area contributed by atoms with Crippen LogP contribution < -0.4 is 20.2 Å². The van der Waals surface area contributed by atoms with Gasteiger partial charge >= 0.3 is 5.97 Å². The van der Waals surface area contributed by atoms with Crippen molar-refractivity contribution in [1.82, 2.24) is 10.7 Å². The number of nitrogens with zero attached hydrogens (tertiary/aromatic N) is 1. The smallest absolute Gasteiger partial charge is 0.344 e. The summed E-state index contributed by atoms with van der Waals surface area (Å²) in [5.74, 6) is 0.559. The molecule has 0 spiro atoms.